The van der Waals surface area contributed by atoms with Crippen molar-refractivity contribution in [1.82, 2.24) is 10.2 Å². The molecule has 2 unspecified atom stereocenters. The van der Waals surface area contributed by atoms with Crippen LogP contribution >= 0.6 is 0 Å². The Morgan fingerprint density at radius 2 is 2.11 bits per heavy atom. The molecule has 0 bridgehead atoms. The molecule has 1 N–H and O–H groups in total. The second-order valence-electron chi connectivity index (χ2n) is 6.86. The lowest BCUT2D eigenvalue weighted by Gasteiger charge is -2.33. The average Bonchev–Trinajstić information content (AvgIpc) is 2.69. The third kappa shape index (κ3) is 3.05. The van der Waals surface area contributed by atoms with Crippen LogP contribution in [0.3, 0.4) is 0 Å². The molecule has 0 aromatic carbocycles. The van der Waals surface area contributed by atoms with E-state index in [2.05, 4.69) is 19.2 Å². The van der Waals surface area contributed by atoms with Gasteiger partial charge in [0.1, 0.15) is 0 Å². The summed E-state index contributed by atoms with van der Waals surface area (Å²) in [4.78, 5) is 14.5. The van der Waals surface area contributed by atoms with Crippen LogP contribution in [-0.4, -0.2) is 37.5 Å². The number of nitrogens with zero attached hydrogens (tertiary/aromatic N) is 1. The van der Waals surface area contributed by atoms with Gasteiger partial charge in [-0.3, -0.25) is 4.79 Å². The van der Waals surface area contributed by atoms with Crippen LogP contribution in [0, 0.1) is 17.3 Å². The summed E-state index contributed by atoms with van der Waals surface area (Å²) >= 11 is 0. The van der Waals surface area contributed by atoms with Gasteiger partial charge in [-0.1, -0.05) is 20.3 Å². The van der Waals surface area contributed by atoms with Gasteiger partial charge in [-0.15, -0.1) is 0 Å². The number of hydrogen-bond acceptors (Lipinski definition) is 2. The molecular formula is C15H28N2O. The predicted octanol–water partition coefficient (Wildman–Crippen LogP) is 2.27. The lowest BCUT2D eigenvalue weighted by atomic mass is 9.81. The number of hydrogen-bond donors (Lipinski definition) is 1. The Hall–Kier alpha value is -0.570. The number of carbonyl (C=O) groups excluding carboxylic acids is 1. The van der Waals surface area contributed by atoms with Gasteiger partial charge in [-0.05, 0) is 50.1 Å². The van der Waals surface area contributed by atoms with Crippen LogP contribution in [-0.2, 0) is 4.79 Å². The first-order valence-corrected chi connectivity index (χ1v) is 7.46. The third-order valence-electron chi connectivity index (χ3n) is 4.86. The van der Waals surface area contributed by atoms with Gasteiger partial charge in [0.15, 0.2) is 0 Å². The van der Waals surface area contributed by atoms with Crippen LogP contribution in [0.25, 0.3) is 0 Å². The van der Waals surface area contributed by atoms with Gasteiger partial charge in [-0.25, -0.2) is 0 Å². The van der Waals surface area contributed by atoms with E-state index in [0.29, 0.717) is 11.8 Å². The normalized spacial score (nSPS) is 31.3. The third-order valence-corrected chi connectivity index (χ3v) is 4.86. The molecule has 3 heteroatoms. The highest BCUT2D eigenvalue weighted by molar-refractivity contribution is 5.79. The number of carbonyl (C=O) groups is 1. The van der Waals surface area contributed by atoms with Crippen molar-refractivity contribution in [2.24, 2.45) is 17.3 Å². The molecule has 1 heterocycles. The minimum atomic E-state index is 0.205. The van der Waals surface area contributed by atoms with E-state index in [-0.39, 0.29) is 11.3 Å². The van der Waals surface area contributed by atoms with Crippen molar-refractivity contribution in [3.63, 3.8) is 0 Å². The fraction of sp³-hybridized carbons (Fsp3) is 0.933. The van der Waals surface area contributed by atoms with Crippen molar-refractivity contribution < 1.29 is 4.79 Å². The Morgan fingerprint density at radius 3 is 2.67 bits per heavy atom. The van der Waals surface area contributed by atoms with Crippen molar-refractivity contribution in [2.45, 2.75) is 46.0 Å². The van der Waals surface area contributed by atoms with Gasteiger partial charge in [0.25, 0.3) is 0 Å². The largest absolute Gasteiger partial charge is 0.345 e. The summed E-state index contributed by atoms with van der Waals surface area (Å²) in [6, 6.07) is 0. The molecular weight excluding hydrogens is 224 g/mol. The summed E-state index contributed by atoms with van der Waals surface area (Å²) in [5.41, 5.74) is 0.205. The Bertz CT molecular complexity index is 295. The van der Waals surface area contributed by atoms with Crippen molar-refractivity contribution >= 4 is 5.91 Å². The molecule has 2 aliphatic rings. The van der Waals surface area contributed by atoms with Crippen molar-refractivity contribution in [3.8, 4) is 0 Å². The second kappa shape index (κ2) is 5.60. The molecule has 1 saturated carbocycles. The predicted molar refractivity (Wildman–Crippen MR) is 74.4 cm³/mol. The maximum atomic E-state index is 12.5. The molecule has 0 spiro atoms. The first kappa shape index (κ1) is 13.9. The fourth-order valence-electron chi connectivity index (χ4n) is 3.61. The number of amides is 1. The maximum absolute atomic E-state index is 12.5. The molecule has 2 fully saturated rings. The summed E-state index contributed by atoms with van der Waals surface area (Å²) in [5, 5.41) is 3.43. The summed E-state index contributed by atoms with van der Waals surface area (Å²) in [6.45, 7) is 7.64. The Kier molecular flexibility index (Phi) is 4.31. The fourth-order valence-corrected chi connectivity index (χ4v) is 3.61. The Labute approximate surface area is 111 Å². The van der Waals surface area contributed by atoms with Gasteiger partial charge in [0, 0.05) is 19.5 Å². The van der Waals surface area contributed by atoms with Crippen molar-refractivity contribution in [3.05, 3.63) is 0 Å². The molecule has 2 rings (SSSR count). The van der Waals surface area contributed by atoms with E-state index >= 15 is 0 Å². The quantitative estimate of drug-likeness (QED) is 0.835. The summed E-state index contributed by atoms with van der Waals surface area (Å²) in [7, 11) is 1.99. The van der Waals surface area contributed by atoms with Crippen LogP contribution in [0.1, 0.15) is 46.0 Å². The summed E-state index contributed by atoms with van der Waals surface area (Å²) in [6.07, 6.45) is 6.00. The molecule has 18 heavy (non-hydrogen) atoms. The van der Waals surface area contributed by atoms with Crippen molar-refractivity contribution in [1.29, 1.82) is 0 Å². The molecule has 104 valence electrons. The molecule has 0 aromatic heterocycles. The van der Waals surface area contributed by atoms with E-state index in [1.165, 1.54) is 25.7 Å². The zero-order chi connectivity index (χ0) is 13.2. The molecule has 1 saturated heterocycles. The van der Waals surface area contributed by atoms with Gasteiger partial charge in [0.05, 0.1) is 0 Å². The monoisotopic (exact) mass is 252 g/mol. The molecule has 3 nitrogen and oxygen atoms in total. The lowest BCUT2D eigenvalue weighted by Crippen LogP contribution is -2.43. The summed E-state index contributed by atoms with van der Waals surface area (Å²) < 4.78 is 0. The first-order chi connectivity index (χ1) is 8.50. The van der Waals surface area contributed by atoms with Gasteiger partial charge in [0.2, 0.25) is 5.91 Å². The smallest absolute Gasteiger partial charge is 0.225 e. The maximum Gasteiger partial charge on any atom is 0.225 e. The van der Waals surface area contributed by atoms with E-state index in [4.69, 9.17) is 0 Å². The van der Waals surface area contributed by atoms with Gasteiger partial charge >= 0.3 is 0 Å². The molecule has 2 atom stereocenters. The van der Waals surface area contributed by atoms with E-state index < -0.39 is 0 Å². The van der Waals surface area contributed by atoms with Gasteiger partial charge in [-0.2, -0.15) is 0 Å². The Morgan fingerprint density at radius 1 is 1.33 bits per heavy atom. The molecule has 1 amide bonds. The average molecular weight is 252 g/mol. The first-order valence-electron chi connectivity index (χ1n) is 7.46. The number of rotatable bonds is 3. The van der Waals surface area contributed by atoms with E-state index in [1.54, 1.807) is 0 Å². The Balaban J connectivity index is 1.88. The minimum absolute atomic E-state index is 0.205. The highest BCUT2D eigenvalue weighted by atomic mass is 16.2. The number of piperidine rings is 1. The highest BCUT2D eigenvalue weighted by Crippen LogP contribution is 2.43. The lowest BCUT2D eigenvalue weighted by molar-refractivity contribution is -0.137. The van der Waals surface area contributed by atoms with E-state index in [9.17, 15) is 4.79 Å². The molecule has 1 aliphatic heterocycles. The van der Waals surface area contributed by atoms with Crippen molar-refractivity contribution in [2.75, 3.05) is 26.7 Å². The van der Waals surface area contributed by atoms with Crippen LogP contribution < -0.4 is 5.32 Å². The SMILES string of the molecule is CN(CC1CCCNC1)C(=O)C1CCCC1(C)C. The molecule has 0 aromatic rings. The van der Waals surface area contributed by atoms with Gasteiger partial charge < -0.3 is 10.2 Å². The standard InChI is InChI=1S/C15H28N2O/c1-15(2)8-4-7-13(15)14(18)17(3)11-12-6-5-9-16-10-12/h12-13,16H,4-11H2,1-3H3. The van der Waals surface area contributed by atoms with Crippen LogP contribution in [0.15, 0.2) is 0 Å². The van der Waals surface area contributed by atoms with Crippen LogP contribution in [0.4, 0.5) is 0 Å². The number of nitrogens with one attached hydrogen (secondary N) is 1. The molecule has 1 aliphatic carbocycles. The summed E-state index contributed by atoms with van der Waals surface area (Å²) in [5.74, 6) is 1.28. The zero-order valence-electron chi connectivity index (χ0n) is 12.2. The topological polar surface area (TPSA) is 32.3 Å². The van der Waals surface area contributed by atoms with E-state index in [0.717, 1.165) is 26.1 Å². The zero-order valence-corrected chi connectivity index (χ0v) is 12.2. The minimum Gasteiger partial charge on any atom is -0.345 e. The van der Waals surface area contributed by atoms with E-state index in [1.807, 2.05) is 11.9 Å². The molecule has 0 radical (unpaired) electrons. The second-order valence-corrected chi connectivity index (χ2v) is 6.86. The van der Waals surface area contributed by atoms with Crippen LogP contribution in [0.5, 0.6) is 0 Å². The highest BCUT2D eigenvalue weighted by Gasteiger charge is 2.40. The van der Waals surface area contributed by atoms with Crippen LogP contribution in [0.2, 0.25) is 0 Å².